The quantitative estimate of drug-likeness (QED) is 0.737. The van der Waals surface area contributed by atoms with E-state index in [0.717, 1.165) is 12.8 Å². The molecule has 0 atom stereocenters. The molecule has 2 rings (SSSR count). The highest BCUT2D eigenvalue weighted by atomic mass is 35.5. The summed E-state index contributed by atoms with van der Waals surface area (Å²) in [5.41, 5.74) is 5.65. The highest BCUT2D eigenvalue weighted by molar-refractivity contribution is 6.29. The van der Waals surface area contributed by atoms with Gasteiger partial charge in [-0.15, -0.1) is 0 Å². The summed E-state index contributed by atoms with van der Waals surface area (Å²) in [6.45, 7) is 2.17. The van der Waals surface area contributed by atoms with Crippen LogP contribution in [0.4, 0.5) is 11.8 Å². The minimum Gasteiger partial charge on any atom is -0.368 e. The Morgan fingerprint density at radius 3 is 2.71 bits per heavy atom. The summed E-state index contributed by atoms with van der Waals surface area (Å²) in [7, 11) is 0. The van der Waals surface area contributed by atoms with E-state index in [1.165, 1.54) is 6.42 Å². The lowest BCUT2D eigenvalue weighted by molar-refractivity contribution is 0.306. The lowest BCUT2D eigenvalue weighted by Crippen LogP contribution is -2.41. The van der Waals surface area contributed by atoms with Gasteiger partial charge in [-0.25, -0.2) is 4.98 Å². The molecule has 0 amide bonds. The minimum atomic E-state index is 0.157. The van der Waals surface area contributed by atoms with Gasteiger partial charge >= 0.3 is 0 Å². The molecule has 1 aliphatic carbocycles. The van der Waals surface area contributed by atoms with Crippen molar-refractivity contribution in [3.05, 3.63) is 11.2 Å². The molecule has 76 valence electrons. The predicted octanol–water partition coefficient (Wildman–Crippen LogP) is 2.07. The number of nitrogens with zero attached hydrogens (tertiary/aromatic N) is 2. The second-order valence-electron chi connectivity index (χ2n) is 3.97. The van der Waals surface area contributed by atoms with E-state index in [9.17, 15) is 0 Å². The maximum Gasteiger partial charge on any atom is 0.223 e. The fourth-order valence-corrected chi connectivity index (χ4v) is 1.83. The second kappa shape index (κ2) is 3.28. The van der Waals surface area contributed by atoms with Gasteiger partial charge < -0.3 is 11.1 Å². The third-order valence-corrected chi connectivity index (χ3v) is 2.79. The van der Waals surface area contributed by atoms with Gasteiger partial charge in [0.1, 0.15) is 11.0 Å². The Balaban J connectivity index is 2.16. The molecule has 0 aliphatic heterocycles. The van der Waals surface area contributed by atoms with Crippen LogP contribution in [-0.4, -0.2) is 15.5 Å². The highest BCUT2D eigenvalue weighted by Crippen LogP contribution is 2.34. The van der Waals surface area contributed by atoms with Gasteiger partial charge in [-0.2, -0.15) is 4.98 Å². The molecule has 4 nitrogen and oxygen atoms in total. The highest BCUT2D eigenvalue weighted by Gasteiger charge is 2.31. The molecule has 0 spiro atoms. The summed E-state index contributed by atoms with van der Waals surface area (Å²) in [6, 6.07) is 1.70. The largest absolute Gasteiger partial charge is 0.368 e. The molecular formula is C9H13ClN4. The smallest absolute Gasteiger partial charge is 0.223 e. The van der Waals surface area contributed by atoms with Crippen LogP contribution in [0, 0.1) is 0 Å². The monoisotopic (exact) mass is 212 g/mol. The van der Waals surface area contributed by atoms with Crippen LogP contribution in [0.3, 0.4) is 0 Å². The molecule has 5 heteroatoms. The van der Waals surface area contributed by atoms with Crippen molar-refractivity contribution in [2.45, 2.75) is 31.7 Å². The fraction of sp³-hybridized carbons (Fsp3) is 0.556. The minimum absolute atomic E-state index is 0.157. The molecule has 0 saturated heterocycles. The zero-order chi connectivity index (χ0) is 10.2. The first-order chi connectivity index (χ1) is 6.57. The normalized spacial score (nSPS) is 18.7. The number of nitrogens with two attached hydrogens (primary N) is 1. The molecule has 1 aromatic rings. The topological polar surface area (TPSA) is 63.8 Å². The maximum atomic E-state index is 5.77. The average Bonchev–Trinajstić information content (AvgIpc) is 1.99. The molecule has 14 heavy (non-hydrogen) atoms. The molecule has 0 aromatic carbocycles. The van der Waals surface area contributed by atoms with E-state index in [2.05, 4.69) is 22.2 Å². The van der Waals surface area contributed by atoms with Crippen LogP contribution in [0.2, 0.25) is 5.15 Å². The summed E-state index contributed by atoms with van der Waals surface area (Å²) in [5.74, 6) is 0.924. The molecule has 0 bridgehead atoms. The van der Waals surface area contributed by atoms with Gasteiger partial charge in [0.15, 0.2) is 0 Å². The Morgan fingerprint density at radius 1 is 1.50 bits per heavy atom. The van der Waals surface area contributed by atoms with Crippen molar-refractivity contribution in [1.82, 2.24) is 9.97 Å². The van der Waals surface area contributed by atoms with Crippen molar-refractivity contribution in [1.29, 1.82) is 0 Å². The molecule has 0 unspecified atom stereocenters. The molecular weight excluding hydrogens is 200 g/mol. The number of halogens is 1. The molecule has 1 saturated carbocycles. The van der Waals surface area contributed by atoms with Crippen molar-refractivity contribution in [3.8, 4) is 0 Å². The van der Waals surface area contributed by atoms with Crippen LogP contribution < -0.4 is 11.1 Å². The Kier molecular flexibility index (Phi) is 2.23. The summed E-state index contributed by atoms with van der Waals surface area (Å²) in [4.78, 5) is 7.87. The summed E-state index contributed by atoms with van der Waals surface area (Å²) in [6.07, 6.45) is 3.58. The Morgan fingerprint density at radius 2 is 2.21 bits per heavy atom. The molecule has 1 aliphatic rings. The summed E-state index contributed by atoms with van der Waals surface area (Å²) >= 11 is 5.77. The van der Waals surface area contributed by atoms with Crippen molar-refractivity contribution in [2.24, 2.45) is 0 Å². The number of hydrogen-bond acceptors (Lipinski definition) is 4. The van der Waals surface area contributed by atoms with Gasteiger partial charge in [0.25, 0.3) is 0 Å². The van der Waals surface area contributed by atoms with Gasteiger partial charge in [0.05, 0.1) is 0 Å². The Bertz CT molecular complexity index is 328. The molecule has 1 fully saturated rings. The third-order valence-electron chi connectivity index (χ3n) is 2.60. The van der Waals surface area contributed by atoms with E-state index in [-0.39, 0.29) is 11.5 Å². The van der Waals surface area contributed by atoms with E-state index in [1.54, 1.807) is 6.07 Å². The van der Waals surface area contributed by atoms with Gasteiger partial charge in [-0.1, -0.05) is 11.6 Å². The SMILES string of the molecule is CC1(Nc2cc(Cl)nc(N)n2)CCC1. The van der Waals surface area contributed by atoms with Gasteiger partial charge in [-0.05, 0) is 26.2 Å². The first kappa shape index (κ1) is 9.52. The lowest BCUT2D eigenvalue weighted by atomic mass is 9.78. The van der Waals surface area contributed by atoms with Gasteiger partial charge in [-0.3, -0.25) is 0 Å². The lowest BCUT2D eigenvalue weighted by Gasteiger charge is -2.39. The van der Waals surface area contributed by atoms with E-state index < -0.39 is 0 Å². The number of nitrogens with one attached hydrogen (secondary N) is 1. The van der Waals surface area contributed by atoms with Crippen molar-refractivity contribution in [2.75, 3.05) is 11.1 Å². The number of anilines is 2. The third kappa shape index (κ3) is 1.90. The van der Waals surface area contributed by atoms with E-state index in [1.807, 2.05) is 0 Å². The van der Waals surface area contributed by atoms with Crippen LogP contribution in [0.25, 0.3) is 0 Å². The molecule has 0 radical (unpaired) electrons. The predicted molar refractivity (Wildman–Crippen MR) is 57.3 cm³/mol. The van der Waals surface area contributed by atoms with Crippen LogP contribution in [0.15, 0.2) is 6.07 Å². The van der Waals surface area contributed by atoms with Gasteiger partial charge in [0, 0.05) is 11.6 Å². The molecule has 1 heterocycles. The zero-order valence-electron chi connectivity index (χ0n) is 8.05. The van der Waals surface area contributed by atoms with Crippen LogP contribution in [0.1, 0.15) is 26.2 Å². The van der Waals surface area contributed by atoms with Crippen molar-refractivity contribution in [3.63, 3.8) is 0 Å². The van der Waals surface area contributed by atoms with Crippen molar-refractivity contribution < 1.29 is 0 Å². The zero-order valence-corrected chi connectivity index (χ0v) is 8.80. The van der Waals surface area contributed by atoms with Crippen LogP contribution in [0.5, 0.6) is 0 Å². The maximum absolute atomic E-state index is 5.77. The first-order valence-electron chi connectivity index (χ1n) is 4.66. The molecule has 3 N–H and O–H groups in total. The fourth-order valence-electron chi connectivity index (χ4n) is 1.64. The van der Waals surface area contributed by atoms with E-state index >= 15 is 0 Å². The van der Waals surface area contributed by atoms with Gasteiger partial charge in [0.2, 0.25) is 5.95 Å². The van der Waals surface area contributed by atoms with E-state index in [0.29, 0.717) is 11.0 Å². The van der Waals surface area contributed by atoms with Crippen LogP contribution in [-0.2, 0) is 0 Å². The van der Waals surface area contributed by atoms with E-state index in [4.69, 9.17) is 17.3 Å². The van der Waals surface area contributed by atoms with Crippen LogP contribution >= 0.6 is 11.6 Å². The Labute approximate surface area is 87.9 Å². The summed E-state index contributed by atoms with van der Waals surface area (Å²) in [5, 5.41) is 3.70. The second-order valence-corrected chi connectivity index (χ2v) is 4.36. The molecule has 1 aromatic heterocycles. The Hall–Kier alpha value is -1.03. The standard InChI is InChI=1S/C9H13ClN4/c1-9(3-2-4-9)14-7-5-6(10)12-8(11)13-7/h5H,2-4H2,1H3,(H3,11,12,13,14). The number of aromatic nitrogens is 2. The summed E-state index contributed by atoms with van der Waals surface area (Å²) < 4.78 is 0. The number of hydrogen-bond donors (Lipinski definition) is 2. The number of rotatable bonds is 2. The number of nitrogen functional groups attached to an aromatic ring is 1. The van der Waals surface area contributed by atoms with Crippen molar-refractivity contribution >= 4 is 23.4 Å². The average molecular weight is 213 g/mol. The first-order valence-corrected chi connectivity index (χ1v) is 5.03.